The molecule has 0 N–H and O–H groups in total. The number of methoxy groups -OCH3 is 1. The molecule has 6 heteroatoms. The third-order valence-corrected chi connectivity index (χ3v) is 4.68. The van der Waals surface area contributed by atoms with E-state index in [1.54, 1.807) is 12.0 Å². The maximum atomic E-state index is 12.6. The first-order chi connectivity index (χ1) is 9.93. The molecule has 0 spiro atoms. The van der Waals surface area contributed by atoms with Crippen molar-refractivity contribution in [2.45, 2.75) is 19.4 Å². The van der Waals surface area contributed by atoms with Crippen molar-refractivity contribution in [2.24, 2.45) is 11.8 Å². The van der Waals surface area contributed by atoms with Gasteiger partial charge < -0.3 is 19.4 Å². The van der Waals surface area contributed by atoms with Gasteiger partial charge in [0.05, 0.1) is 12.5 Å². The SMILES string of the molecule is COCCN1CC(C(=O)N2CC(C)C(N(C)C)C2)CC1=O. The molecule has 3 atom stereocenters. The lowest BCUT2D eigenvalue weighted by molar-refractivity contribution is -0.135. The van der Waals surface area contributed by atoms with E-state index >= 15 is 0 Å². The second kappa shape index (κ2) is 6.75. The number of likely N-dealkylation sites (N-methyl/N-ethyl adjacent to an activating group) is 1. The molecule has 2 amide bonds. The smallest absolute Gasteiger partial charge is 0.228 e. The van der Waals surface area contributed by atoms with Gasteiger partial charge in [0.25, 0.3) is 0 Å². The predicted octanol–water partition coefficient (Wildman–Crippen LogP) is -0.110. The number of nitrogens with zero attached hydrogens (tertiary/aromatic N) is 3. The molecular formula is C15H27N3O3. The van der Waals surface area contributed by atoms with Crippen LogP contribution in [0.25, 0.3) is 0 Å². The molecule has 6 nitrogen and oxygen atoms in total. The Kier molecular flexibility index (Phi) is 5.22. The Morgan fingerprint density at radius 3 is 2.62 bits per heavy atom. The average molecular weight is 297 g/mol. The van der Waals surface area contributed by atoms with Gasteiger partial charge in [-0.3, -0.25) is 9.59 Å². The number of rotatable bonds is 5. The summed E-state index contributed by atoms with van der Waals surface area (Å²) in [6, 6.07) is 0.413. The van der Waals surface area contributed by atoms with Crippen molar-refractivity contribution in [1.82, 2.24) is 14.7 Å². The maximum Gasteiger partial charge on any atom is 0.228 e. The zero-order chi connectivity index (χ0) is 15.6. The van der Waals surface area contributed by atoms with Gasteiger partial charge >= 0.3 is 0 Å². The normalized spacial score (nSPS) is 29.8. The Morgan fingerprint density at radius 2 is 2.05 bits per heavy atom. The highest BCUT2D eigenvalue weighted by Gasteiger charge is 2.40. The number of ether oxygens (including phenoxy) is 1. The van der Waals surface area contributed by atoms with E-state index in [2.05, 4.69) is 25.9 Å². The van der Waals surface area contributed by atoms with Gasteiger partial charge in [0, 0.05) is 45.8 Å². The zero-order valence-electron chi connectivity index (χ0n) is 13.5. The Balaban J connectivity index is 1.91. The van der Waals surface area contributed by atoms with Gasteiger partial charge in [0.15, 0.2) is 0 Å². The van der Waals surface area contributed by atoms with Crippen molar-refractivity contribution < 1.29 is 14.3 Å². The van der Waals surface area contributed by atoms with E-state index in [-0.39, 0.29) is 17.7 Å². The first-order valence-electron chi connectivity index (χ1n) is 7.66. The molecule has 2 aliphatic heterocycles. The van der Waals surface area contributed by atoms with E-state index in [4.69, 9.17) is 4.74 Å². The van der Waals surface area contributed by atoms with Crippen molar-refractivity contribution in [2.75, 3.05) is 54.0 Å². The van der Waals surface area contributed by atoms with Crippen molar-refractivity contribution in [1.29, 1.82) is 0 Å². The molecule has 0 aromatic heterocycles. The fraction of sp³-hybridized carbons (Fsp3) is 0.867. The molecule has 21 heavy (non-hydrogen) atoms. The van der Waals surface area contributed by atoms with Gasteiger partial charge in [-0.05, 0) is 20.0 Å². The minimum Gasteiger partial charge on any atom is -0.383 e. The molecule has 120 valence electrons. The van der Waals surface area contributed by atoms with E-state index < -0.39 is 0 Å². The number of carbonyl (C=O) groups is 2. The lowest BCUT2D eigenvalue weighted by atomic mass is 10.1. The molecule has 0 aromatic rings. The fourth-order valence-corrected chi connectivity index (χ4v) is 3.42. The summed E-state index contributed by atoms with van der Waals surface area (Å²) in [5.74, 6) is 0.509. The van der Waals surface area contributed by atoms with E-state index in [0.717, 1.165) is 13.1 Å². The van der Waals surface area contributed by atoms with Crippen LogP contribution in [0.5, 0.6) is 0 Å². The van der Waals surface area contributed by atoms with Crippen LogP contribution in [0.4, 0.5) is 0 Å². The summed E-state index contributed by atoms with van der Waals surface area (Å²) in [6.07, 6.45) is 0.347. The lowest BCUT2D eigenvalue weighted by Crippen LogP contribution is -2.39. The Bertz CT molecular complexity index is 400. The number of amides is 2. The van der Waals surface area contributed by atoms with E-state index in [1.165, 1.54) is 0 Å². The molecule has 0 bridgehead atoms. The van der Waals surface area contributed by atoms with Gasteiger partial charge in [0.1, 0.15) is 0 Å². The van der Waals surface area contributed by atoms with Gasteiger partial charge in [-0.1, -0.05) is 6.92 Å². The van der Waals surface area contributed by atoms with E-state index in [0.29, 0.717) is 38.1 Å². The summed E-state index contributed by atoms with van der Waals surface area (Å²) in [5.41, 5.74) is 0. The molecule has 0 aromatic carbocycles. The van der Waals surface area contributed by atoms with Crippen LogP contribution in [-0.4, -0.2) is 86.5 Å². The molecule has 0 aliphatic carbocycles. The zero-order valence-corrected chi connectivity index (χ0v) is 13.5. The van der Waals surface area contributed by atoms with Crippen molar-refractivity contribution in [3.8, 4) is 0 Å². The van der Waals surface area contributed by atoms with Gasteiger partial charge in [-0.2, -0.15) is 0 Å². The number of hydrogen-bond acceptors (Lipinski definition) is 4. The number of carbonyl (C=O) groups excluding carboxylic acids is 2. The van der Waals surface area contributed by atoms with Crippen LogP contribution in [0.3, 0.4) is 0 Å². The lowest BCUT2D eigenvalue weighted by Gasteiger charge is -2.23. The van der Waals surface area contributed by atoms with Crippen LogP contribution in [0, 0.1) is 11.8 Å². The molecule has 2 saturated heterocycles. The quantitative estimate of drug-likeness (QED) is 0.710. The first kappa shape index (κ1) is 16.2. The van der Waals surface area contributed by atoms with Crippen LogP contribution in [0.2, 0.25) is 0 Å². The summed E-state index contributed by atoms with van der Waals surface area (Å²) in [7, 11) is 5.73. The number of likely N-dealkylation sites (tertiary alicyclic amines) is 2. The third-order valence-electron chi connectivity index (χ3n) is 4.68. The predicted molar refractivity (Wildman–Crippen MR) is 79.8 cm³/mol. The topological polar surface area (TPSA) is 53.1 Å². The second-order valence-corrected chi connectivity index (χ2v) is 6.49. The van der Waals surface area contributed by atoms with Gasteiger partial charge in [0.2, 0.25) is 11.8 Å². The number of hydrogen-bond donors (Lipinski definition) is 0. The maximum absolute atomic E-state index is 12.6. The molecule has 2 aliphatic rings. The minimum absolute atomic E-state index is 0.0711. The van der Waals surface area contributed by atoms with Crippen molar-refractivity contribution >= 4 is 11.8 Å². The van der Waals surface area contributed by atoms with Gasteiger partial charge in [-0.25, -0.2) is 0 Å². The van der Waals surface area contributed by atoms with Crippen LogP contribution in [-0.2, 0) is 14.3 Å². The molecule has 2 rings (SSSR count). The molecule has 3 unspecified atom stereocenters. The van der Waals surface area contributed by atoms with E-state index in [1.807, 2.05) is 4.90 Å². The summed E-state index contributed by atoms with van der Waals surface area (Å²) in [4.78, 5) is 30.4. The third kappa shape index (κ3) is 3.55. The summed E-state index contributed by atoms with van der Waals surface area (Å²) < 4.78 is 5.01. The average Bonchev–Trinajstić information content (AvgIpc) is 2.99. The largest absolute Gasteiger partial charge is 0.383 e. The minimum atomic E-state index is -0.178. The first-order valence-corrected chi connectivity index (χ1v) is 7.66. The Labute approximate surface area is 127 Å². The molecule has 2 heterocycles. The van der Waals surface area contributed by atoms with E-state index in [9.17, 15) is 9.59 Å². The fourth-order valence-electron chi connectivity index (χ4n) is 3.42. The monoisotopic (exact) mass is 297 g/mol. The van der Waals surface area contributed by atoms with Crippen LogP contribution in [0.15, 0.2) is 0 Å². The Hall–Kier alpha value is -1.14. The molecule has 0 saturated carbocycles. The molecule has 0 radical (unpaired) electrons. The second-order valence-electron chi connectivity index (χ2n) is 6.49. The van der Waals surface area contributed by atoms with Crippen LogP contribution in [0.1, 0.15) is 13.3 Å². The van der Waals surface area contributed by atoms with Gasteiger partial charge in [-0.15, -0.1) is 0 Å². The highest BCUT2D eigenvalue weighted by Crippen LogP contribution is 2.25. The van der Waals surface area contributed by atoms with Crippen molar-refractivity contribution in [3.63, 3.8) is 0 Å². The molecule has 2 fully saturated rings. The summed E-state index contributed by atoms with van der Waals surface area (Å²) in [6.45, 7) is 5.40. The highest BCUT2D eigenvalue weighted by molar-refractivity contribution is 5.89. The van der Waals surface area contributed by atoms with Crippen molar-refractivity contribution in [3.05, 3.63) is 0 Å². The standard InChI is InChI=1S/C15H27N3O3/c1-11-8-18(10-13(11)16(2)3)15(20)12-7-14(19)17(9-12)5-6-21-4/h11-13H,5-10H2,1-4H3. The van der Waals surface area contributed by atoms with Crippen LogP contribution < -0.4 is 0 Å². The Morgan fingerprint density at radius 1 is 1.33 bits per heavy atom. The molecular weight excluding hydrogens is 270 g/mol. The highest BCUT2D eigenvalue weighted by atomic mass is 16.5. The summed E-state index contributed by atoms with van der Waals surface area (Å²) >= 11 is 0. The summed E-state index contributed by atoms with van der Waals surface area (Å²) in [5, 5.41) is 0. The van der Waals surface area contributed by atoms with Crippen LogP contribution >= 0.6 is 0 Å².